The van der Waals surface area contributed by atoms with Gasteiger partial charge < -0.3 is 14.2 Å². The number of aryl methyl sites for hydroxylation is 1. The van der Waals surface area contributed by atoms with Crippen molar-refractivity contribution in [2.75, 3.05) is 7.11 Å². The van der Waals surface area contributed by atoms with Gasteiger partial charge in [0.2, 0.25) is 5.78 Å². The van der Waals surface area contributed by atoms with Gasteiger partial charge in [-0.1, -0.05) is 36.4 Å². The standard InChI is InChI=1S/C25H20O5/c1-15-8-4-6-10-18(15)25(27)30-20-13-12-19-23(26)22(29-24(19)16(20)2)14-17-9-5-7-11-21(17)28-3/h4-14H,1-3H3/b22-14-. The summed E-state index contributed by atoms with van der Waals surface area (Å²) in [4.78, 5) is 25.4. The van der Waals surface area contributed by atoms with Crippen LogP contribution in [0.1, 0.15) is 37.4 Å². The molecule has 0 unspecified atom stereocenters. The minimum absolute atomic E-state index is 0.194. The number of benzene rings is 3. The van der Waals surface area contributed by atoms with E-state index < -0.39 is 5.97 Å². The van der Waals surface area contributed by atoms with Crippen molar-refractivity contribution >= 4 is 17.8 Å². The first-order valence-electron chi connectivity index (χ1n) is 9.48. The van der Waals surface area contributed by atoms with Gasteiger partial charge in [0.05, 0.1) is 18.2 Å². The second kappa shape index (κ2) is 7.87. The van der Waals surface area contributed by atoms with Gasteiger partial charge in [0, 0.05) is 11.1 Å². The van der Waals surface area contributed by atoms with E-state index in [0.29, 0.717) is 33.9 Å². The molecule has 0 saturated heterocycles. The van der Waals surface area contributed by atoms with Gasteiger partial charge in [-0.25, -0.2) is 4.79 Å². The summed E-state index contributed by atoms with van der Waals surface area (Å²) < 4.78 is 16.8. The van der Waals surface area contributed by atoms with Crippen LogP contribution in [0.5, 0.6) is 17.2 Å². The normalized spacial score (nSPS) is 13.7. The number of carbonyl (C=O) groups excluding carboxylic acids is 2. The third kappa shape index (κ3) is 3.46. The topological polar surface area (TPSA) is 61.8 Å². The van der Waals surface area contributed by atoms with Gasteiger partial charge in [0.15, 0.2) is 5.76 Å². The summed E-state index contributed by atoms with van der Waals surface area (Å²) in [5.74, 6) is 0.910. The maximum absolute atomic E-state index is 12.8. The molecule has 0 N–H and O–H groups in total. The zero-order valence-electron chi connectivity index (χ0n) is 16.9. The maximum Gasteiger partial charge on any atom is 0.343 e. The highest BCUT2D eigenvalue weighted by Gasteiger charge is 2.31. The molecule has 1 aliphatic rings. The number of rotatable bonds is 4. The molecule has 1 heterocycles. The van der Waals surface area contributed by atoms with E-state index in [1.54, 1.807) is 44.4 Å². The van der Waals surface area contributed by atoms with Crippen molar-refractivity contribution in [1.82, 2.24) is 0 Å². The summed E-state index contributed by atoms with van der Waals surface area (Å²) in [5, 5.41) is 0. The largest absolute Gasteiger partial charge is 0.496 e. The van der Waals surface area contributed by atoms with Gasteiger partial charge in [0.1, 0.15) is 17.2 Å². The van der Waals surface area contributed by atoms with Crippen LogP contribution < -0.4 is 14.2 Å². The number of para-hydroxylation sites is 1. The van der Waals surface area contributed by atoms with Crippen molar-refractivity contribution in [2.24, 2.45) is 0 Å². The van der Waals surface area contributed by atoms with Crippen molar-refractivity contribution < 1.29 is 23.8 Å². The van der Waals surface area contributed by atoms with E-state index in [1.165, 1.54) is 0 Å². The van der Waals surface area contributed by atoms with Gasteiger partial charge in [-0.05, 0) is 49.8 Å². The van der Waals surface area contributed by atoms with E-state index >= 15 is 0 Å². The fourth-order valence-electron chi connectivity index (χ4n) is 3.36. The predicted octanol–water partition coefficient (Wildman–Crippen LogP) is 5.15. The first-order chi connectivity index (χ1) is 14.5. The Morgan fingerprint density at radius 2 is 1.67 bits per heavy atom. The Hall–Kier alpha value is -3.86. The predicted molar refractivity (Wildman–Crippen MR) is 113 cm³/mol. The molecular weight excluding hydrogens is 380 g/mol. The molecule has 0 saturated carbocycles. The Kier molecular flexibility index (Phi) is 5.11. The van der Waals surface area contributed by atoms with Gasteiger partial charge in [-0.2, -0.15) is 0 Å². The number of hydrogen-bond acceptors (Lipinski definition) is 5. The summed E-state index contributed by atoms with van der Waals surface area (Å²) in [6.45, 7) is 3.61. The van der Waals surface area contributed by atoms with Gasteiger partial charge in [0.25, 0.3) is 0 Å². The van der Waals surface area contributed by atoms with E-state index in [4.69, 9.17) is 14.2 Å². The number of esters is 1. The lowest BCUT2D eigenvalue weighted by Crippen LogP contribution is -2.11. The van der Waals surface area contributed by atoms with Crippen molar-refractivity contribution in [3.05, 3.63) is 94.2 Å². The first-order valence-corrected chi connectivity index (χ1v) is 9.48. The Labute approximate surface area is 174 Å². The molecule has 0 amide bonds. The minimum atomic E-state index is -0.453. The molecule has 0 radical (unpaired) electrons. The molecular formula is C25H20O5. The quantitative estimate of drug-likeness (QED) is 0.344. The summed E-state index contributed by atoms with van der Waals surface area (Å²) in [7, 11) is 1.57. The number of fused-ring (bicyclic) bond motifs is 1. The van der Waals surface area contributed by atoms with Gasteiger partial charge in [-0.3, -0.25) is 4.79 Å². The lowest BCUT2D eigenvalue weighted by atomic mass is 10.1. The number of ketones is 1. The molecule has 0 bridgehead atoms. The monoisotopic (exact) mass is 400 g/mol. The SMILES string of the molecule is COc1ccccc1/C=C1\Oc2c(ccc(OC(=O)c3ccccc3C)c2C)C1=O. The average Bonchev–Trinajstić information content (AvgIpc) is 3.07. The second-order valence-electron chi connectivity index (χ2n) is 6.95. The number of hydrogen-bond donors (Lipinski definition) is 0. The van der Waals surface area contributed by atoms with Crippen molar-refractivity contribution in [3.63, 3.8) is 0 Å². The second-order valence-corrected chi connectivity index (χ2v) is 6.95. The van der Waals surface area contributed by atoms with Crippen LogP contribution in [0.2, 0.25) is 0 Å². The molecule has 4 rings (SSSR count). The Morgan fingerprint density at radius 3 is 2.43 bits per heavy atom. The summed E-state index contributed by atoms with van der Waals surface area (Å²) >= 11 is 0. The van der Waals surface area contributed by atoms with Crippen LogP contribution in [0.4, 0.5) is 0 Å². The lowest BCUT2D eigenvalue weighted by molar-refractivity contribution is 0.0732. The van der Waals surface area contributed by atoms with Crippen molar-refractivity contribution in [3.8, 4) is 17.2 Å². The highest BCUT2D eigenvalue weighted by molar-refractivity contribution is 6.15. The van der Waals surface area contributed by atoms with Crippen LogP contribution in [0.3, 0.4) is 0 Å². The summed E-state index contributed by atoms with van der Waals surface area (Å²) in [6.07, 6.45) is 1.65. The van der Waals surface area contributed by atoms with E-state index in [9.17, 15) is 9.59 Å². The molecule has 0 aromatic heterocycles. The van der Waals surface area contributed by atoms with Crippen LogP contribution in [0.25, 0.3) is 6.08 Å². The zero-order chi connectivity index (χ0) is 21.3. The first kappa shape index (κ1) is 19.5. The smallest absolute Gasteiger partial charge is 0.343 e. The highest BCUT2D eigenvalue weighted by atomic mass is 16.5. The third-order valence-electron chi connectivity index (χ3n) is 5.03. The van der Waals surface area contributed by atoms with Crippen LogP contribution >= 0.6 is 0 Å². The maximum atomic E-state index is 12.8. The molecule has 3 aromatic carbocycles. The van der Waals surface area contributed by atoms with Crippen LogP contribution in [0.15, 0.2) is 66.4 Å². The van der Waals surface area contributed by atoms with E-state index in [0.717, 1.165) is 11.1 Å². The fraction of sp³-hybridized carbons (Fsp3) is 0.120. The van der Waals surface area contributed by atoms with Crippen LogP contribution in [-0.2, 0) is 0 Å². The number of Topliss-reactive ketones (excluding diaryl/α,β-unsaturated/α-hetero) is 1. The summed E-state index contributed by atoms with van der Waals surface area (Å²) in [5.41, 5.74) is 3.08. The molecule has 3 aromatic rings. The molecule has 30 heavy (non-hydrogen) atoms. The van der Waals surface area contributed by atoms with Crippen molar-refractivity contribution in [2.45, 2.75) is 13.8 Å². The number of allylic oxidation sites excluding steroid dienone is 1. The summed E-state index contributed by atoms with van der Waals surface area (Å²) in [6, 6.07) is 17.8. The van der Waals surface area contributed by atoms with Crippen LogP contribution in [-0.4, -0.2) is 18.9 Å². The van der Waals surface area contributed by atoms with Crippen molar-refractivity contribution in [1.29, 1.82) is 0 Å². The molecule has 0 fully saturated rings. The van der Waals surface area contributed by atoms with Gasteiger partial charge in [-0.15, -0.1) is 0 Å². The molecule has 150 valence electrons. The fourth-order valence-corrected chi connectivity index (χ4v) is 3.36. The van der Waals surface area contributed by atoms with E-state index in [-0.39, 0.29) is 11.5 Å². The van der Waals surface area contributed by atoms with Gasteiger partial charge >= 0.3 is 5.97 Å². The zero-order valence-corrected chi connectivity index (χ0v) is 16.9. The van der Waals surface area contributed by atoms with E-state index in [2.05, 4.69) is 0 Å². The molecule has 5 heteroatoms. The highest BCUT2D eigenvalue weighted by Crippen LogP contribution is 2.40. The lowest BCUT2D eigenvalue weighted by Gasteiger charge is -2.11. The average molecular weight is 400 g/mol. The number of carbonyl (C=O) groups is 2. The molecule has 1 aliphatic heterocycles. The minimum Gasteiger partial charge on any atom is -0.496 e. The van der Waals surface area contributed by atoms with Crippen LogP contribution in [0, 0.1) is 13.8 Å². The third-order valence-corrected chi connectivity index (χ3v) is 5.03. The Morgan fingerprint density at radius 1 is 0.933 bits per heavy atom. The Bertz CT molecular complexity index is 1190. The number of methoxy groups -OCH3 is 1. The molecule has 0 aliphatic carbocycles. The van der Waals surface area contributed by atoms with E-state index in [1.807, 2.05) is 43.3 Å². The molecule has 0 atom stereocenters. The Balaban J connectivity index is 1.64. The molecule has 5 nitrogen and oxygen atoms in total. The number of ether oxygens (including phenoxy) is 3. The molecule has 0 spiro atoms.